The van der Waals surface area contributed by atoms with Gasteiger partial charge in [-0.1, -0.05) is 50.6 Å². The monoisotopic (exact) mass is 422 g/mol. The molecule has 0 fully saturated rings. The molecule has 3 amide bonds. The number of aliphatic hydroxyl groups is 1. The van der Waals surface area contributed by atoms with E-state index in [9.17, 15) is 29.4 Å². The number of carbonyl (C=O) groups is 4. The predicted molar refractivity (Wildman–Crippen MR) is 109 cm³/mol. The fourth-order valence-electron chi connectivity index (χ4n) is 2.63. The summed E-state index contributed by atoms with van der Waals surface area (Å²) in [5.74, 6) is -3.57. The van der Waals surface area contributed by atoms with Crippen LogP contribution in [0.2, 0.25) is 0 Å². The summed E-state index contributed by atoms with van der Waals surface area (Å²) in [6.45, 7) is 2.29. The normalized spacial score (nSPS) is 14.7. The minimum atomic E-state index is -1.29. The van der Waals surface area contributed by atoms with Crippen molar-refractivity contribution in [2.45, 2.75) is 44.8 Å². The van der Waals surface area contributed by atoms with E-state index in [2.05, 4.69) is 16.0 Å². The van der Waals surface area contributed by atoms with Crippen LogP contribution < -0.4 is 21.7 Å². The van der Waals surface area contributed by atoms with Crippen LogP contribution in [-0.2, 0) is 25.6 Å². The number of carboxylic acids is 1. The molecule has 166 valence electrons. The third-order valence-corrected chi connectivity index (χ3v) is 4.67. The molecule has 1 aromatic carbocycles. The second-order valence-corrected chi connectivity index (χ2v) is 7.03. The highest BCUT2D eigenvalue weighted by molar-refractivity contribution is 5.92. The maximum absolute atomic E-state index is 12.2. The standard InChI is InChI=1S/C20H30N4O6/c1-3-12(2)17(20(29)30)24-16(26)10-22-19(28)15(11-25)23-18(27)14(21)9-13-7-5-4-6-8-13/h4-8,12,14-15,17,25H,3,9-11,21H2,1-2H3,(H,22,28)(H,23,27)(H,24,26)(H,29,30). The quantitative estimate of drug-likeness (QED) is 0.245. The molecule has 0 aromatic heterocycles. The SMILES string of the molecule is CCC(C)C(NC(=O)CNC(=O)C(CO)NC(=O)C(N)Cc1ccccc1)C(=O)O. The van der Waals surface area contributed by atoms with E-state index in [1.54, 1.807) is 13.8 Å². The van der Waals surface area contributed by atoms with Gasteiger partial charge in [0.25, 0.3) is 0 Å². The molecule has 4 unspecified atom stereocenters. The summed E-state index contributed by atoms with van der Waals surface area (Å²) >= 11 is 0. The summed E-state index contributed by atoms with van der Waals surface area (Å²) in [6.07, 6.45) is 0.798. The summed E-state index contributed by atoms with van der Waals surface area (Å²) < 4.78 is 0. The third-order valence-electron chi connectivity index (χ3n) is 4.67. The van der Waals surface area contributed by atoms with Gasteiger partial charge in [0, 0.05) is 0 Å². The molecule has 1 aromatic rings. The average molecular weight is 422 g/mol. The van der Waals surface area contributed by atoms with E-state index >= 15 is 0 Å². The molecule has 0 saturated carbocycles. The first kappa shape index (κ1) is 25.1. The molecule has 10 nitrogen and oxygen atoms in total. The van der Waals surface area contributed by atoms with Crippen LogP contribution in [0.25, 0.3) is 0 Å². The van der Waals surface area contributed by atoms with Crippen LogP contribution in [0.5, 0.6) is 0 Å². The number of nitrogens with two attached hydrogens (primary N) is 1. The van der Waals surface area contributed by atoms with Crippen LogP contribution >= 0.6 is 0 Å². The van der Waals surface area contributed by atoms with Gasteiger partial charge in [-0.25, -0.2) is 4.79 Å². The summed E-state index contributed by atoms with van der Waals surface area (Å²) in [5.41, 5.74) is 6.70. The summed E-state index contributed by atoms with van der Waals surface area (Å²) in [5, 5.41) is 25.6. The lowest BCUT2D eigenvalue weighted by Crippen LogP contribution is -2.55. The second-order valence-electron chi connectivity index (χ2n) is 7.03. The zero-order valence-corrected chi connectivity index (χ0v) is 17.1. The van der Waals surface area contributed by atoms with Crippen molar-refractivity contribution >= 4 is 23.7 Å². The molecule has 0 radical (unpaired) electrons. The fourth-order valence-corrected chi connectivity index (χ4v) is 2.63. The lowest BCUT2D eigenvalue weighted by Gasteiger charge is -2.21. The topological polar surface area (TPSA) is 171 Å². The predicted octanol–water partition coefficient (Wildman–Crippen LogP) is -1.23. The van der Waals surface area contributed by atoms with Gasteiger partial charge in [0.05, 0.1) is 19.2 Å². The molecular formula is C20H30N4O6. The van der Waals surface area contributed by atoms with Crippen LogP contribution in [0.15, 0.2) is 30.3 Å². The first-order chi connectivity index (χ1) is 14.2. The van der Waals surface area contributed by atoms with E-state index in [-0.39, 0.29) is 12.3 Å². The molecule has 1 rings (SSSR count). The molecule has 7 N–H and O–H groups in total. The van der Waals surface area contributed by atoms with Crippen molar-refractivity contribution in [2.75, 3.05) is 13.2 Å². The van der Waals surface area contributed by atoms with Gasteiger partial charge in [-0.05, 0) is 17.9 Å². The third kappa shape index (κ3) is 8.18. The van der Waals surface area contributed by atoms with Crippen LogP contribution in [0, 0.1) is 5.92 Å². The lowest BCUT2D eigenvalue weighted by molar-refractivity contribution is -0.143. The largest absolute Gasteiger partial charge is 0.480 e. The van der Waals surface area contributed by atoms with E-state index in [0.29, 0.717) is 6.42 Å². The summed E-state index contributed by atoms with van der Waals surface area (Å²) in [6, 6.07) is 5.78. The van der Waals surface area contributed by atoms with Crippen molar-refractivity contribution in [3.63, 3.8) is 0 Å². The van der Waals surface area contributed by atoms with Gasteiger partial charge in [0.1, 0.15) is 12.1 Å². The molecule has 10 heteroatoms. The van der Waals surface area contributed by atoms with Crippen LogP contribution in [0.1, 0.15) is 25.8 Å². The Morgan fingerprint density at radius 3 is 2.23 bits per heavy atom. The smallest absolute Gasteiger partial charge is 0.326 e. The van der Waals surface area contributed by atoms with E-state index in [1.807, 2.05) is 30.3 Å². The lowest BCUT2D eigenvalue weighted by atomic mass is 9.99. The van der Waals surface area contributed by atoms with Crippen molar-refractivity contribution in [1.82, 2.24) is 16.0 Å². The maximum Gasteiger partial charge on any atom is 0.326 e. The molecule has 0 aliphatic rings. The Bertz CT molecular complexity index is 727. The Morgan fingerprint density at radius 2 is 1.70 bits per heavy atom. The van der Waals surface area contributed by atoms with Crippen molar-refractivity contribution in [3.8, 4) is 0 Å². The Labute approximate surface area is 175 Å². The van der Waals surface area contributed by atoms with Gasteiger partial charge < -0.3 is 31.9 Å². The highest BCUT2D eigenvalue weighted by Gasteiger charge is 2.27. The summed E-state index contributed by atoms with van der Waals surface area (Å²) in [4.78, 5) is 47.6. The molecule has 30 heavy (non-hydrogen) atoms. The Morgan fingerprint density at radius 1 is 1.07 bits per heavy atom. The Balaban J connectivity index is 2.54. The first-order valence-corrected chi connectivity index (χ1v) is 9.70. The number of nitrogens with one attached hydrogen (secondary N) is 3. The number of rotatable bonds is 12. The zero-order chi connectivity index (χ0) is 22.7. The number of aliphatic carboxylic acids is 1. The van der Waals surface area contributed by atoms with E-state index < -0.39 is 55.0 Å². The van der Waals surface area contributed by atoms with Crippen molar-refractivity contribution in [1.29, 1.82) is 0 Å². The molecule has 0 aliphatic heterocycles. The van der Waals surface area contributed by atoms with E-state index in [1.165, 1.54) is 0 Å². The Kier molecular flexibility index (Phi) is 10.5. The number of hydrogen-bond donors (Lipinski definition) is 6. The second kappa shape index (κ2) is 12.6. The highest BCUT2D eigenvalue weighted by Crippen LogP contribution is 2.07. The molecule has 0 aliphatic carbocycles. The number of amides is 3. The fraction of sp³-hybridized carbons (Fsp3) is 0.500. The maximum atomic E-state index is 12.2. The van der Waals surface area contributed by atoms with Crippen molar-refractivity contribution in [2.24, 2.45) is 11.7 Å². The van der Waals surface area contributed by atoms with Crippen LogP contribution in [0.3, 0.4) is 0 Å². The minimum absolute atomic E-state index is 0.251. The number of carboxylic acid groups (broad SMARTS) is 1. The number of hydrogen-bond acceptors (Lipinski definition) is 6. The highest BCUT2D eigenvalue weighted by atomic mass is 16.4. The molecule has 0 heterocycles. The van der Waals surface area contributed by atoms with Gasteiger partial charge in [-0.3, -0.25) is 14.4 Å². The molecular weight excluding hydrogens is 392 g/mol. The zero-order valence-electron chi connectivity index (χ0n) is 17.1. The Hall–Kier alpha value is -2.98. The summed E-state index contributed by atoms with van der Waals surface area (Å²) in [7, 11) is 0. The van der Waals surface area contributed by atoms with E-state index in [4.69, 9.17) is 5.73 Å². The van der Waals surface area contributed by atoms with Crippen molar-refractivity contribution < 1.29 is 29.4 Å². The number of aliphatic hydroxyl groups excluding tert-OH is 1. The number of benzene rings is 1. The first-order valence-electron chi connectivity index (χ1n) is 9.70. The molecule has 4 atom stereocenters. The molecule has 0 spiro atoms. The number of carbonyl (C=O) groups excluding carboxylic acids is 3. The van der Waals surface area contributed by atoms with Gasteiger partial charge in [0.2, 0.25) is 17.7 Å². The van der Waals surface area contributed by atoms with Gasteiger partial charge >= 0.3 is 5.97 Å². The van der Waals surface area contributed by atoms with Crippen molar-refractivity contribution in [3.05, 3.63) is 35.9 Å². The minimum Gasteiger partial charge on any atom is -0.480 e. The van der Waals surface area contributed by atoms with Gasteiger partial charge in [-0.2, -0.15) is 0 Å². The molecule has 0 bridgehead atoms. The van der Waals surface area contributed by atoms with Crippen LogP contribution in [0.4, 0.5) is 0 Å². The van der Waals surface area contributed by atoms with Gasteiger partial charge in [-0.15, -0.1) is 0 Å². The van der Waals surface area contributed by atoms with E-state index in [0.717, 1.165) is 5.56 Å². The molecule has 0 saturated heterocycles. The average Bonchev–Trinajstić information content (AvgIpc) is 2.73. The van der Waals surface area contributed by atoms with Gasteiger partial charge in [0.15, 0.2) is 0 Å². The van der Waals surface area contributed by atoms with Crippen LogP contribution in [-0.4, -0.2) is 65.2 Å².